The first-order valence-corrected chi connectivity index (χ1v) is 6.72. The fourth-order valence-corrected chi connectivity index (χ4v) is 2.37. The highest BCUT2D eigenvalue weighted by molar-refractivity contribution is 7.90. The SMILES string of the molecule is [2H][C@]1(N[S@+]([O-])C(C)(C)C)CC[C@H](CO)CC1. The highest BCUT2D eigenvalue weighted by atomic mass is 32.2. The Labute approximate surface area is 97.4 Å². The number of rotatable bonds is 3. The Kier molecular flexibility index (Phi) is 4.31. The van der Waals surface area contributed by atoms with Crippen molar-refractivity contribution in [3.8, 4) is 0 Å². The van der Waals surface area contributed by atoms with Crippen LogP contribution < -0.4 is 4.72 Å². The van der Waals surface area contributed by atoms with E-state index < -0.39 is 17.4 Å². The van der Waals surface area contributed by atoms with Gasteiger partial charge in [0.25, 0.3) is 0 Å². The van der Waals surface area contributed by atoms with Gasteiger partial charge in [-0.05, 0) is 52.4 Å². The molecule has 1 saturated carbocycles. The van der Waals surface area contributed by atoms with Gasteiger partial charge in [0.15, 0.2) is 0 Å². The molecule has 1 rings (SSSR count). The molecule has 0 aromatic carbocycles. The van der Waals surface area contributed by atoms with Crippen LogP contribution in [0, 0.1) is 5.92 Å². The average molecular weight is 234 g/mol. The predicted molar refractivity (Wildman–Crippen MR) is 63.9 cm³/mol. The summed E-state index contributed by atoms with van der Waals surface area (Å²) < 4.78 is 22.7. The van der Waals surface area contributed by atoms with E-state index >= 15 is 0 Å². The van der Waals surface area contributed by atoms with Crippen molar-refractivity contribution < 1.29 is 11.0 Å². The van der Waals surface area contributed by atoms with Crippen molar-refractivity contribution in [1.29, 1.82) is 0 Å². The largest absolute Gasteiger partial charge is 0.598 e. The molecule has 0 saturated heterocycles. The Morgan fingerprint density at radius 1 is 1.40 bits per heavy atom. The molecule has 4 heteroatoms. The topological polar surface area (TPSA) is 55.3 Å². The van der Waals surface area contributed by atoms with E-state index in [0.29, 0.717) is 18.8 Å². The molecule has 0 aromatic rings. The van der Waals surface area contributed by atoms with Gasteiger partial charge in [-0.3, -0.25) is 0 Å². The molecule has 1 aliphatic rings. The molecule has 3 nitrogen and oxygen atoms in total. The lowest BCUT2D eigenvalue weighted by molar-refractivity contribution is 0.180. The van der Waals surface area contributed by atoms with Crippen LogP contribution in [0.5, 0.6) is 0 Å². The van der Waals surface area contributed by atoms with Crippen molar-refractivity contribution in [3.63, 3.8) is 0 Å². The second kappa shape index (κ2) is 5.53. The van der Waals surface area contributed by atoms with E-state index in [2.05, 4.69) is 4.72 Å². The molecule has 0 spiro atoms. The Balaban J connectivity index is 2.48. The summed E-state index contributed by atoms with van der Waals surface area (Å²) in [5.41, 5.74) is 0. The van der Waals surface area contributed by atoms with Gasteiger partial charge in [0.05, 0.1) is 7.39 Å². The third-order valence-corrected chi connectivity index (χ3v) is 4.35. The number of hydrogen-bond donors (Lipinski definition) is 2. The van der Waals surface area contributed by atoms with E-state index in [-0.39, 0.29) is 11.4 Å². The van der Waals surface area contributed by atoms with Crippen molar-refractivity contribution in [3.05, 3.63) is 0 Å². The minimum atomic E-state index is -1.19. The van der Waals surface area contributed by atoms with Crippen LogP contribution in [0.3, 0.4) is 0 Å². The van der Waals surface area contributed by atoms with Gasteiger partial charge in [0, 0.05) is 18.0 Å². The van der Waals surface area contributed by atoms with E-state index in [9.17, 15) is 4.55 Å². The van der Waals surface area contributed by atoms with Gasteiger partial charge in [-0.15, -0.1) is 4.72 Å². The van der Waals surface area contributed by atoms with Gasteiger partial charge < -0.3 is 9.66 Å². The summed E-state index contributed by atoms with van der Waals surface area (Å²) in [4.78, 5) is 0. The summed E-state index contributed by atoms with van der Waals surface area (Å²) in [5.74, 6) is 0.323. The molecule has 90 valence electrons. The van der Waals surface area contributed by atoms with Crippen molar-refractivity contribution in [1.82, 2.24) is 4.72 Å². The molecule has 1 fully saturated rings. The highest BCUT2D eigenvalue weighted by Gasteiger charge is 2.30. The lowest BCUT2D eigenvalue weighted by Crippen LogP contribution is -2.46. The van der Waals surface area contributed by atoms with Crippen LogP contribution in [-0.4, -0.2) is 27.0 Å². The molecule has 0 amide bonds. The second-order valence-corrected chi connectivity index (χ2v) is 7.18. The van der Waals surface area contributed by atoms with Gasteiger partial charge in [0.1, 0.15) is 4.75 Å². The summed E-state index contributed by atoms with van der Waals surface area (Å²) in [5, 5.41) is 9.03. The van der Waals surface area contributed by atoms with Crippen LogP contribution in [0.15, 0.2) is 0 Å². The molecular formula is C11H23NO2S. The fourth-order valence-electron chi connectivity index (χ4n) is 1.59. The van der Waals surface area contributed by atoms with Crippen molar-refractivity contribution in [2.75, 3.05) is 6.61 Å². The van der Waals surface area contributed by atoms with E-state index in [1.807, 2.05) is 20.8 Å². The molecule has 1 aliphatic carbocycles. The van der Waals surface area contributed by atoms with Gasteiger partial charge in [-0.2, -0.15) is 0 Å². The lowest BCUT2D eigenvalue weighted by atomic mass is 9.87. The molecule has 1 atom stereocenters. The number of aliphatic hydroxyl groups is 1. The minimum absolute atomic E-state index is 0.207. The van der Waals surface area contributed by atoms with Gasteiger partial charge >= 0.3 is 0 Å². The summed E-state index contributed by atoms with van der Waals surface area (Å²) in [6.07, 6.45) is 3.02. The minimum Gasteiger partial charge on any atom is -0.598 e. The van der Waals surface area contributed by atoms with Gasteiger partial charge in [-0.25, -0.2) is 0 Å². The summed E-state index contributed by atoms with van der Waals surface area (Å²) in [6, 6.07) is -0.774. The molecule has 0 unspecified atom stereocenters. The maximum Gasteiger partial charge on any atom is 0.136 e. The molecule has 0 aromatic heterocycles. The normalized spacial score (nSPS) is 36.1. The van der Waals surface area contributed by atoms with E-state index in [0.717, 1.165) is 12.8 Å². The van der Waals surface area contributed by atoms with Crippen LogP contribution in [0.25, 0.3) is 0 Å². The second-order valence-electron chi connectivity index (χ2n) is 5.21. The lowest BCUT2D eigenvalue weighted by Gasteiger charge is -2.31. The summed E-state index contributed by atoms with van der Waals surface area (Å²) in [6.45, 7) is 5.91. The Morgan fingerprint density at radius 2 is 1.93 bits per heavy atom. The van der Waals surface area contributed by atoms with Crippen LogP contribution in [-0.2, 0) is 11.4 Å². The van der Waals surface area contributed by atoms with Crippen molar-refractivity contribution in [2.45, 2.75) is 57.2 Å². The zero-order chi connectivity index (χ0) is 12.4. The van der Waals surface area contributed by atoms with Gasteiger partial charge in [0.2, 0.25) is 0 Å². The first-order chi connectivity index (χ1) is 7.27. The van der Waals surface area contributed by atoms with Gasteiger partial charge in [-0.1, -0.05) is 0 Å². The smallest absolute Gasteiger partial charge is 0.136 e. The number of aliphatic hydroxyl groups excluding tert-OH is 1. The highest BCUT2D eigenvalue weighted by Crippen LogP contribution is 2.25. The van der Waals surface area contributed by atoms with Crippen LogP contribution in [0.4, 0.5) is 0 Å². The molecule has 0 heterocycles. The molecule has 15 heavy (non-hydrogen) atoms. The first-order valence-electron chi connectivity index (χ1n) is 6.07. The average Bonchev–Trinajstić information content (AvgIpc) is 2.17. The number of nitrogens with one attached hydrogen (secondary N) is 1. The third-order valence-electron chi connectivity index (χ3n) is 2.76. The third kappa shape index (κ3) is 4.31. The Morgan fingerprint density at radius 3 is 2.33 bits per heavy atom. The standard InChI is InChI=1S/C11H23NO2S/c1-11(2,3)15(14)12-10-6-4-9(8-13)5-7-10/h9-10,12-13H,4-8H2,1-3H3/t9-,10-,15-/m1/s1/i10D. The zero-order valence-electron chi connectivity index (χ0n) is 10.9. The van der Waals surface area contributed by atoms with Crippen LogP contribution >= 0.6 is 0 Å². The quantitative estimate of drug-likeness (QED) is 0.729. The first kappa shape index (κ1) is 11.7. The van der Waals surface area contributed by atoms with Crippen LogP contribution in [0.1, 0.15) is 47.8 Å². The van der Waals surface area contributed by atoms with E-state index in [1.54, 1.807) is 0 Å². The molecule has 0 aliphatic heterocycles. The Hall–Kier alpha value is 0.230. The maximum atomic E-state index is 11.9. The Bertz CT molecular complexity index is 225. The van der Waals surface area contributed by atoms with Crippen LogP contribution in [0.2, 0.25) is 0 Å². The van der Waals surface area contributed by atoms with Crippen molar-refractivity contribution >= 4 is 11.4 Å². The zero-order valence-corrected chi connectivity index (χ0v) is 10.7. The van der Waals surface area contributed by atoms with E-state index in [4.69, 9.17) is 6.48 Å². The molecule has 2 N–H and O–H groups in total. The van der Waals surface area contributed by atoms with Crippen molar-refractivity contribution in [2.24, 2.45) is 5.92 Å². The molecule has 0 bridgehead atoms. The predicted octanol–water partition coefficient (Wildman–Crippen LogP) is 1.59. The number of hydrogen-bond acceptors (Lipinski definition) is 3. The summed E-state index contributed by atoms with van der Waals surface area (Å²) >= 11 is -1.19. The maximum absolute atomic E-state index is 11.9. The monoisotopic (exact) mass is 234 g/mol. The molecule has 0 radical (unpaired) electrons. The van der Waals surface area contributed by atoms with E-state index in [1.165, 1.54) is 0 Å². The molecular weight excluding hydrogens is 210 g/mol. The summed E-state index contributed by atoms with van der Waals surface area (Å²) in [7, 11) is 0. The fraction of sp³-hybridized carbons (Fsp3) is 1.00.